The predicted molar refractivity (Wildman–Crippen MR) is 87.8 cm³/mol. The highest BCUT2D eigenvalue weighted by Gasteiger charge is 2.45. The predicted octanol–water partition coefficient (Wildman–Crippen LogP) is 3.92. The van der Waals surface area contributed by atoms with Gasteiger partial charge in [-0.2, -0.15) is 0 Å². The minimum absolute atomic E-state index is 0.164. The highest BCUT2D eigenvalue weighted by atomic mass is 79.9. The third-order valence-corrected chi connectivity index (χ3v) is 7.92. The molecule has 0 saturated carbocycles. The topological polar surface area (TPSA) is 47.6 Å². The lowest BCUT2D eigenvalue weighted by Crippen LogP contribution is -2.40. The van der Waals surface area contributed by atoms with Gasteiger partial charge >= 0.3 is 7.60 Å². The fourth-order valence-electron chi connectivity index (χ4n) is 2.01. The summed E-state index contributed by atoms with van der Waals surface area (Å²) < 4.78 is 24.3. The molecule has 4 nitrogen and oxygen atoms in total. The van der Waals surface area contributed by atoms with Crippen molar-refractivity contribution in [2.75, 3.05) is 30.9 Å². The van der Waals surface area contributed by atoms with Crippen LogP contribution in [0.2, 0.25) is 0 Å². The summed E-state index contributed by atoms with van der Waals surface area (Å²) in [7, 11) is -1.44. The van der Waals surface area contributed by atoms with Crippen molar-refractivity contribution in [2.24, 2.45) is 5.41 Å². The molecule has 1 aliphatic rings. The highest BCUT2D eigenvalue weighted by Crippen LogP contribution is 2.63. The van der Waals surface area contributed by atoms with Crippen molar-refractivity contribution in [2.45, 2.75) is 5.78 Å². The van der Waals surface area contributed by atoms with Crippen molar-refractivity contribution < 1.29 is 13.6 Å². The molecular weight excluding hydrogens is 409 g/mol. The van der Waals surface area contributed by atoms with Crippen molar-refractivity contribution in [1.82, 2.24) is 5.32 Å². The number of hydrogen-bond donors (Lipinski definition) is 1. The first-order chi connectivity index (χ1) is 9.59. The van der Waals surface area contributed by atoms with Crippen LogP contribution in [0.25, 0.3) is 0 Å². The summed E-state index contributed by atoms with van der Waals surface area (Å²) in [5.74, 6) is -0.438. The van der Waals surface area contributed by atoms with Gasteiger partial charge in [0.15, 0.2) is 0 Å². The van der Waals surface area contributed by atoms with Crippen LogP contribution in [0, 0.1) is 5.41 Å². The average Bonchev–Trinajstić information content (AvgIpc) is 2.50. The maximum atomic E-state index is 12.9. The largest absolute Gasteiger partial charge is 0.351 e. The summed E-state index contributed by atoms with van der Waals surface area (Å²) in [4.78, 5) is 0. The molecule has 0 aromatic heterocycles. The van der Waals surface area contributed by atoms with E-state index in [1.807, 2.05) is 30.3 Å². The van der Waals surface area contributed by atoms with Crippen LogP contribution >= 0.6 is 39.5 Å². The van der Waals surface area contributed by atoms with Gasteiger partial charge < -0.3 is 14.4 Å². The lowest BCUT2D eigenvalue weighted by molar-refractivity contribution is 0.0442. The molecular formula is C13H18Br2NO3P. The van der Waals surface area contributed by atoms with E-state index >= 15 is 0 Å². The number of nitrogens with one attached hydrogen (secondary N) is 1. The van der Waals surface area contributed by atoms with Crippen molar-refractivity contribution in [3.05, 3.63) is 35.9 Å². The summed E-state index contributed by atoms with van der Waals surface area (Å²) in [6.07, 6.45) is 0. The normalized spacial score (nSPS) is 22.4. The van der Waals surface area contributed by atoms with Gasteiger partial charge in [-0.3, -0.25) is 4.57 Å². The summed E-state index contributed by atoms with van der Waals surface area (Å²) in [6, 6.07) is 9.60. The van der Waals surface area contributed by atoms with E-state index in [0.29, 0.717) is 13.2 Å². The first-order valence-corrected chi connectivity index (χ1v) is 10.2. The fraction of sp³-hybridized carbons (Fsp3) is 0.538. The molecule has 112 valence electrons. The first kappa shape index (κ1) is 16.7. The van der Waals surface area contributed by atoms with Crippen LogP contribution in [0.1, 0.15) is 11.3 Å². The molecule has 1 fully saturated rings. The number of benzene rings is 1. The number of rotatable bonds is 5. The Balaban J connectivity index is 2.18. The molecule has 1 aromatic carbocycles. The van der Waals surface area contributed by atoms with Gasteiger partial charge in [-0.25, -0.2) is 0 Å². The standard InChI is InChI=1S/C13H18Br2NO3P/c1-16-12(11-5-3-2-4-6-11)20(17)18-9-13(7-14,8-15)10-19-20/h2-6,12,16H,7-10H2,1H3. The van der Waals surface area contributed by atoms with Gasteiger partial charge in [0.1, 0.15) is 5.78 Å². The molecule has 2 rings (SSSR count). The smallest absolute Gasteiger partial charge is 0.307 e. The van der Waals surface area contributed by atoms with Gasteiger partial charge in [0.2, 0.25) is 0 Å². The molecule has 1 aromatic rings. The Morgan fingerprint density at radius 1 is 1.25 bits per heavy atom. The van der Waals surface area contributed by atoms with Crippen molar-refractivity contribution in [3.8, 4) is 0 Å². The second-order valence-corrected chi connectivity index (χ2v) is 8.19. The Bertz CT molecular complexity index is 468. The SMILES string of the molecule is CNC(c1ccccc1)P1(=O)OCC(CBr)(CBr)CO1. The van der Waals surface area contributed by atoms with E-state index in [-0.39, 0.29) is 5.41 Å². The molecule has 1 aliphatic heterocycles. The van der Waals surface area contributed by atoms with E-state index in [1.54, 1.807) is 7.05 Å². The van der Waals surface area contributed by atoms with Crippen LogP contribution in [0.15, 0.2) is 30.3 Å². The van der Waals surface area contributed by atoms with Crippen molar-refractivity contribution in [1.29, 1.82) is 0 Å². The van der Waals surface area contributed by atoms with Crippen molar-refractivity contribution >= 4 is 39.5 Å². The molecule has 0 aliphatic carbocycles. The number of halogens is 2. The summed E-state index contributed by atoms with van der Waals surface area (Å²) >= 11 is 6.94. The van der Waals surface area contributed by atoms with Crippen LogP contribution in [-0.4, -0.2) is 30.9 Å². The second kappa shape index (κ2) is 7.03. The van der Waals surface area contributed by atoms with Crippen molar-refractivity contribution in [3.63, 3.8) is 0 Å². The quantitative estimate of drug-likeness (QED) is 0.572. The molecule has 1 unspecified atom stereocenters. The Morgan fingerprint density at radius 3 is 2.25 bits per heavy atom. The lowest BCUT2D eigenvalue weighted by Gasteiger charge is -2.39. The highest BCUT2D eigenvalue weighted by molar-refractivity contribution is 9.09. The molecule has 0 spiro atoms. The zero-order valence-corrected chi connectivity index (χ0v) is 15.3. The average molecular weight is 427 g/mol. The molecule has 0 radical (unpaired) electrons. The molecule has 1 N–H and O–H groups in total. The number of alkyl halides is 2. The molecule has 0 bridgehead atoms. The zero-order valence-electron chi connectivity index (χ0n) is 11.2. The minimum Gasteiger partial charge on any atom is -0.307 e. The summed E-state index contributed by atoms with van der Waals surface area (Å²) in [6.45, 7) is 0.817. The van der Waals surface area contributed by atoms with Crippen LogP contribution < -0.4 is 5.32 Å². The van der Waals surface area contributed by atoms with Gasteiger partial charge in [-0.15, -0.1) is 0 Å². The van der Waals surface area contributed by atoms with E-state index in [1.165, 1.54) is 0 Å². The second-order valence-electron chi connectivity index (χ2n) is 4.96. The van der Waals surface area contributed by atoms with E-state index in [4.69, 9.17) is 9.05 Å². The van der Waals surface area contributed by atoms with Gasteiger partial charge in [-0.1, -0.05) is 62.2 Å². The van der Waals surface area contributed by atoms with Crippen LogP contribution in [0.3, 0.4) is 0 Å². The lowest BCUT2D eigenvalue weighted by atomic mass is 9.96. The molecule has 1 atom stereocenters. The fourth-order valence-corrected chi connectivity index (χ4v) is 5.72. The summed E-state index contributed by atoms with van der Waals surface area (Å²) in [5.41, 5.74) is 0.742. The van der Waals surface area contributed by atoms with E-state index in [9.17, 15) is 4.57 Å². The van der Waals surface area contributed by atoms with Gasteiger partial charge in [-0.05, 0) is 12.6 Å². The van der Waals surface area contributed by atoms with Gasteiger partial charge in [0, 0.05) is 16.1 Å². The van der Waals surface area contributed by atoms with Gasteiger partial charge in [0.25, 0.3) is 0 Å². The van der Waals surface area contributed by atoms with Gasteiger partial charge in [0.05, 0.1) is 13.2 Å². The minimum atomic E-state index is -3.20. The third kappa shape index (κ3) is 3.37. The van der Waals surface area contributed by atoms with Crippen LogP contribution in [-0.2, 0) is 13.6 Å². The maximum Gasteiger partial charge on any atom is 0.351 e. The Morgan fingerprint density at radius 2 is 1.80 bits per heavy atom. The Kier molecular flexibility index (Phi) is 5.86. The number of hydrogen-bond acceptors (Lipinski definition) is 4. The Labute approximate surface area is 136 Å². The molecule has 1 saturated heterocycles. The monoisotopic (exact) mass is 425 g/mol. The Hall–Kier alpha value is 0.290. The first-order valence-electron chi connectivity index (χ1n) is 6.32. The maximum absolute atomic E-state index is 12.9. The zero-order chi connectivity index (χ0) is 14.6. The van der Waals surface area contributed by atoms with E-state index in [0.717, 1.165) is 16.2 Å². The van der Waals surface area contributed by atoms with E-state index in [2.05, 4.69) is 37.2 Å². The van der Waals surface area contributed by atoms with Crippen LogP contribution in [0.4, 0.5) is 0 Å². The molecule has 20 heavy (non-hydrogen) atoms. The third-order valence-electron chi connectivity index (χ3n) is 3.37. The molecule has 1 heterocycles. The van der Waals surface area contributed by atoms with E-state index < -0.39 is 13.4 Å². The molecule has 0 amide bonds. The molecule has 7 heteroatoms. The summed E-state index contributed by atoms with van der Waals surface area (Å²) in [5, 5.41) is 4.53. The van der Waals surface area contributed by atoms with Crippen LogP contribution in [0.5, 0.6) is 0 Å².